The van der Waals surface area contributed by atoms with Crippen molar-refractivity contribution in [2.24, 2.45) is 0 Å². The molecule has 31 heavy (non-hydrogen) atoms. The first-order valence-corrected chi connectivity index (χ1v) is 10.9. The highest BCUT2D eigenvalue weighted by molar-refractivity contribution is 5.38. The van der Waals surface area contributed by atoms with Crippen molar-refractivity contribution in [3.8, 4) is 11.4 Å². The van der Waals surface area contributed by atoms with Gasteiger partial charge in [0.05, 0.1) is 11.4 Å². The van der Waals surface area contributed by atoms with E-state index in [1.165, 1.54) is 0 Å². The summed E-state index contributed by atoms with van der Waals surface area (Å²) in [5, 5.41) is 6.56. The Labute approximate surface area is 181 Å². The number of H-pyrrole nitrogens is 2. The highest BCUT2D eigenvalue weighted by Crippen LogP contribution is 2.16. The lowest BCUT2D eigenvalue weighted by molar-refractivity contribution is 0.792. The molecule has 0 atom stereocenters. The third kappa shape index (κ3) is 4.06. The summed E-state index contributed by atoms with van der Waals surface area (Å²) in [6.07, 6.45) is 3.64. The van der Waals surface area contributed by atoms with E-state index in [4.69, 9.17) is 0 Å². The molecule has 0 radical (unpaired) electrons. The Morgan fingerprint density at radius 2 is 1.03 bits per heavy atom. The summed E-state index contributed by atoms with van der Waals surface area (Å²) in [6, 6.07) is 19.1. The Balaban J connectivity index is 1.82. The van der Waals surface area contributed by atoms with E-state index in [0.29, 0.717) is 17.5 Å². The van der Waals surface area contributed by atoms with Crippen LogP contribution in [0.2, 0.25) is 0 Å². The van der Waals surface area contributed by atoms with Gasteiger partial charge in [0.2, 0.25) is 0 Å². The Morgan fingerprint density at radius 1 is 0.645 bits per heavy atom. The highest BCUT2D eigenvalue weighted by Gasteiger charge is 2.21. The van der Waals surface area contributed by atoms with Crippen LogP contribution in [0, 0.1) is 0 Å². The number of aryl methyl sites for hydroxylation is 2. The average molecular weight is 417 g/mol. The molecule has 2 heterocycles. The lowest BCUT2D eigenvalue weighted by atomic mass is 10.0. The van der Waals surface area contributed by atoms with Crippen LogP contribution in [0.25, 0.3) is 11.4 Å². The normalized spacial score (nSPS) is 11.2. The average Bonchev–Trinajstić information content (AvgIpc) is 3.27. The molecule has 0 aliphatic rings. The Morgan fingerprint density at radius 3 is 1.39 bits per heavy atom. The molecule has 0 fully saturated rings. The molecule has 2 aromatic carbocycles. The summed E-state index contributed by atoms with van der Waals surface area (Å²) in [5.74, 6) is 0. The van der Waals surface area contributed by atoms with Gasteiger partial charge in [-0.1, -0.05) is 63.1 Å². The van der Waals surface area contributed by atoms with Gasteiger partial charge in [0.25, 0.3) is 11.1 Å². The quantitative estimate of drug-likeness (QED) is 0.453. The maximum absolute atomic E-state index is 13.3. The first kappa shape index (κ1) is 20.7. The second kappa shape index (κ2) is 9.08. The number of aromatic nitrogens is 4. The van der Waals surface area contributed by atoms with E-state index in [-0.39, 0.29) is 11.1 Å². The summed E-state index contributed by atoms with van der Waals surface area (Å²) < 4.78 is 3.17. The fourth-order valence-electron chi connectivity index (χ4n) is 4.01. The predicted octanol–water partition coefficient (Wildman–Crippen LogP) is 4.14. The fraction of sp³-hybridized carbons (Fsp3) is 0.280. The van der Waals surface area contributed by atoms with Crippen LogP contribution in [0.4, 0.5) is 0 Å². The predicted molar refractivity (Wildman–Crippen MR) is 124 cm³/mol. The van der Waals surface area contributed by atoms with Gasteiger partial charge >= 0.3 is 0 Å². The van der Waals surface area contributed by atoms with Crippen molar-refractivity contribution < 1.29 is 0 Å². The molecule has 0 bridgehead atoms. The molecule has 4 rings (SSSR count). The summed E-state index contributed by atoms with van der Waals surface area (Å²) in [6.45, 7) is 4.17. The van der Waals surface area contributed by atoms with Crippen LogP contribution < -0.4 is 11.1 Å². The lowest BCUT2D eigenvalue weighted by Crippen LogP contribution is -2.21. The smallest absolute Gasteiger partial charge is 0.275 e. The zero-order chi connectivity index (χ0) is 21.8. The third-order valence-corrected chi connectivity index (χ3v) is 5.53. The van der Waals surface area contributed by atoms with E-state index in [2.05, 4.69) is 24.0 Å². The van der Waals surface area contributed by atoms with E-state index in [1.54, 1.807) is 9.36 Å². The summed E-state index contributed by atoms with van der Waals surface area (Å²) in [7, 11) is 0. The standard InChI is InChI=1S/C25H28N4O2/c1-3-11-22-20(24(30)28(26-22)18-13-7-5-8-14-18)17-21-23(12-4-2)27-29(25(21)31)19-15-9-6-10-16-19/h5-10,13-16,26-27H,3-4,11-12,17H2,1-2H3. The fourth-order valence-corrected chi connectivity index (χ4v) is 4.01. The van der Waals surface area contributed by atoms with Crippen LogP contribution in [0.1, 0.15) is 49.2 Å². The maximum Gasteiger partial charge on any atom is 0.275 e. The molecule has 6 heteroatoms. The van der Waals surface area contributed by atoms with Gasteiger partial charge in [0, 0.05) is 28.9 Å². The van der Waals surface area contributed by atoms with Crippen LogP contribution >= 0.6 is 0 Å². The SMILES string of the molecule is CCCc1[nH]n(-c2ccccc2)c(=O)c1Cc1c(CCC)[nH]n(-c2ccccc2)c1=O. The molecule has 0 spiro atoms. The second-order valence-electron chi connectivity index (χ2n) is 7.77. The van der Waals surface area contributed by atoms with Crippen LogP contribution in [0.15, 0.2) is 70.3 Å². The summed E-state index contributed by atoms with van der Waals surface area (Å²) in [5.41, 5.74) is 4.52. The second-order valence-corrected chi connectivity index (χ2v) is 7.77. The van der Waals surface area contributed by atoms with Crippen molar-refractivity contribution >= 4 is 0 Å². The maximum atomic E-state index is 13.3. The van der Waals surface area contributed by atoms with E-state index in [9.17, 15) is 9.59 Å². The Hall–Kier alpha value is -3.54. The van der Waals surface area contributed by atoms with Crippen molar-refractivity contribution in [1.29, 1.82) is 0 Å². The van der Waals surface area contributed by atoms with Crippen molar-refractivity contribution in [3.63, 3.8) is 0 Å². The molecule has 0 aliphatic carbocycles. The number of hydrogen-bond acceptors (Lipinski definition) is 2. The molecule has 2 N–H and O–H groups in total. The topological polar surface area (TPSA) is 75.6 Å². The monoisotopic (exact) mass is 416 g/mol. The molecule has 6 nitrogen and oxygen atoms in total. The molecule has 0 saturated carbocycles. The van der Waals surface area contributed by atoms with Gasteiger partial charge in [-0.3, -0.25) is 19.8 Å². The Kier molecular flexibility index (Phi) is 6.07. The van der Waals surface area contributed by atoms with E-state index in [1.807, 2.05) is 60.7 Å². The number of benzene rings is 2. The molecule has 0 amide bonds. The van der Waals surface area contributed by atoms with Crippen LogP contribution in [0.3, 0.4) is 0 Å². The van der Waals surface area contributed by atoms with Gasteiger partial charge in [-0.25, -0.2) is 9.36 Å². The number of nitrogens with one attached hydrogen (secondary N) is 2. The molecule has 0 aliphatic heterocycles. The molecule has 4 aromatic rings. The van der Waals surface area contributed by atoms with E-state index in [0.717, 1.165) is 48.4 Å². The molecular weight excluding hydrogens is 388 g/mol. The zero-order valence-electron chi connectivity index (χ0n) is 18.0. The van der Waals surface area contributed by atoms with Gasteiger partial charge in [-0.2, -0.15) is 0 Å². The molecule has 0 unspecified atom stereocenters. The van der Waals surface area contributed by atoms with Gasteiger partial charge in [0.15, 0.2) is 0 Å². The van der Waals surface area contributed by atoms with Crippen molar-refractivity contribution in [2.75, 3.05) is 0 Å². The van der Waals surface area contributed by atoms with Gasteiger partial charge in [-0.15, -0.1) is 0 Å². The lowest BCUT2D eigenvalue weighted by Gasteiger charge is -2.01. The van der Waals surface area contributed by atoms with Gasteiger partial charge in [0.1, 0.15) is 0 Å². The zero-order valence-corrected chi connectivity index (χ0v) is 18.0. The summed E-state index contributed by atoms with van der Waals surface area (Å²) in [4.78, 5) is 26.7. The third-order valence-electron chi connectivity index (χ3n) is 5.53. The van der Waals surface area contributed by atoms with Crippen molar-refractivity contribution in [3.05, 3.63) is 104 Å². The van der Waals surface area contributed by atoms with Crippen molar-refractivity contribution in [2.45, 2.75) is 46.0 Å². The van der Waals surface area contributed by atoms with Crippen LogP contribution in [0.5, 0.6) is 0 Å². The number of nitrogens with zero attached hydrogens (tertiary/aromatic N) is 2. The largest absolute Gasteiger partial charge is 0.295 e. The van der Waals surface area contributed by atoms with Crippen molar-refractivity contribution in [1.82, 2.24) is 19.6 Å². The van der Waals surface area contributed by atoms with E-state index >= 15 is 0 Å². The minimum absolute atomic E-state index is 0.0936. The van der Waals surface area contributed by atoms with Crippen LogP contribution in [-0.2, 0) is 19.3 Å². The highest BCUT2D eigenvalue weighted by atomic mass is 16.1. The number of aromatic amines is 2. The number of para-hydroxylation sites is 2. The minimum atomic E-state index is -0.0936. The Bertz CT molecular complexity index is 1160. The minimum Gasteiger partial charge on any atom is -0.295 e. The first-order chi connectivity index (χ1) is 15.1. The van der Waals surface area contributed by atoms with E-state index < -0.39 is 0 Å². The van der Waals surface area contributed by atoms with Crippen LogP contribution in [-0.4, -0.2) is 19.6 Å². The molecular formula is C25H28N4O2. The number of rotatable bonds is 8. The molecule has 2 aromatic heterocycles. The van der Waals surface area contributed by atoms with Gasteiger partial charge < -0.3 is 0 Å². The van der Waals surface area contributed by atoms with Gasteiger partial charge in [-0.05, 0) is 37.1 Å². The number of hydrogen-bond donors (Lipinski definition) is 2. The molecule has 0 saturated heterocycles. The summed E-state index contributed by atoms with van der Waals surface area (Å²) >= 11 is 0. The molecule has 160 valence electrons. The first-order valence-electron chi connectivity index (χ1n) is 10.9.